The number of carbonyl (C=O) groups excluding carboxylic acids is 1. The van der Waals surface area contributed by atoms with Crippen LogP contribution in [0.5, 0.6) is 0 Å². The van der Waals surface area contributed by atoms with Crippen molar-refractivity contribution in [3.8, 4) is 11.1 Å². The molecule has 1 atom stereocenters. The van der Waals surface area contributed by atoms with Gasteiger partial charge in [0.15, 0.2) is 5.82 Å². The van der Waals surface area contributed by atoms with Gasteiger partial charge in [-0.3, -0.25) is 14.7 Å². The second-order valence-electron chi connectivity index (χ2n) is 11.6. The molecular weight excluding hydrogens is 575 g/mol. The van der Waals surface area contributed by atoms with Gasteiger partial charge >= 0.3 is 0 Å². The number of nitrogens with zero attached hydrogens (tertiary/aromatic N) is 6. The Morgan fingerprint density at radius 3 is 2.30 bits per heavy atom. The van der Waals surface area contributed by atoms with Crippen LogP contribution in [0.3, 0.4) is 0 Å². The lowest BCUT2D eigenvalue weighted by Crippen LogP contribution is -2.51. The Kier molecular flexibility index (Phi) is 12.6. The quantitative estimate of drug-likeness (QED) is 0.166. The van der Waals surface area contributed by atoms with E-state index in [2.05, 4.69) is 54.1 Å². The summed E-state index contributed by atoms with van der Waals surface area (Å²) in [5, 5.41) is 1.04. The van der Waals surface area contributed by atoms with Crippen molar-refractivity contribution in [3.05, 3.63) is 64.2 Å². The minimum atomic E-state index is -0.390. The number of rotatable bonds is 6. The fourth-order valence-electron chi connectivity index (χ4n) is 5.65. The number of aliphatic imine (C=N–C) groups is 1. The summed E-state index contributed by atoms with van der Waals surface area (Å²) in [6, 6.07) is 6.74. The van der Waals surface area contributed by atoms with E-state index in [0.717, 1.165) is 66.6 Å². The number of aldehydes is 1. The topological polar surface area (TPSA) is 64.9 Å². The second-order valence-corrected chi connectivity index (χ2v) is 12.0. The monoisotopic (exact) mass is 622 g/mol. The van der Waals surface area contributed by atoms with Gasteiger partial charge in [-0.2, -0.15) is 0 Å². The first-order valence-corrected chi connectivity index (χ1v) is 15.9. The molecule has 0 aliphatic carbocycles. The molecule has 2 saturated heterocycles. The molecule has 5 rings (SSSR count). The second kappa shape index (κ2) is 15.7. The van der Waals surface area contributed by atoms with Crippen molar-refractivity contribution in [2.75, 3.05) is 51.7 Å². The summed E-state index contributed by atoms with van der Waals surface area (Å²) in [7, 11) is 3.87. The van der Waals surface area contributed by atoms with Gasteiger partial charge in [-0.05, 0) is 70.5 Å². The first-order valence-electron chi connectivity index (χ1n) is 15.5. The Morgan fingerprint density at radius 1 is 1.09 bits per heavy atom. The summed E-state index contributed by atoms with van der Waals surface area (Å²) in [6.45, 7) is 22.1. The maximum atomic E-state index is 16.7. The van der Waals surface area contributed by atoms with Gasteiger partial charge in [0.05, 0.1) is 5.02 Å². The summed E-state index contributed by atoms with van der Waals surface area (Å²) >= 11 is 6.92. The number of allylic oxidation sites excluding steroid dienone is 1. The number of likely N-dealkylation sites (tertiary alicyclic amines) is 1. The van der Waals surface area contributed by atoms with Gasteiger partial charge in [-0.25, -0.2) is 14.4 Å². The lowest BCUT2D eigenvalue weighted by molar-refractivity contribution is -0.104. The third-order valence-corrected chi connectivity index (χ3v) is 8.72. The number of anilines is 1. The molecule has 2 aliphatic heterocycles. The van der Waals surface area contributed by atoms with Gasteiger partial charge in [-0.15, -0.1) is 0 Å². The number of benzene rings is 2. The molecule has 1 aromatic heterocycles. The molecule has 2 fully saturated rings. The summed E-state index contributed by atoms with van der Waals surface area (Å²) in [5.41, 5.74) is 4.34. The number of hydrogen-bond acceptors (Lipinski definition) is 7. The average molecular weight is 623 g/mol. The molecule has 3 aromatic rings. The van der Waals surface area contributed by atoms with Crippen molar-refractivity contribution in [2.24, 2.45) is 4.99 Å². The first kappa shape index (κ1) is 35.3. The normalized spacial score (nSPS) is 17.6. The van der Waals surface area contributed by atoms with E-state index in [1.54, 1.807) is 13.3 Å². The number of halogens is 2. The van der Waals surface area contributed by atoms with Crippen molar-refractivity contribution in [1.82, 2.24) is 19.8 Å². The highest BCUT2D eigenvalue weighted by atomic mass is 35.5. The zero-order chi connectivity index (χ0) is 32.7. The van der Waals surface area contributed by atoms with E-state index < -0.39 is 0 Å². The van der Waals surface area contributed by atoms with Crippen molar-refractivity contribution in [1.29, 1.82) is 0 Å². The zero-order valence-electron chi connectivity index (χ0n) is 27.8. The van der Waals surface area contributed by atoms with Gasteiger partial charge < -0.3 is 9.80 Å². The number of fused-ring (bicyclic) bond motifs is 1. The van der Waals surface area contributed by atoms with Crippen LogP contribution in [0.15, 0.2) is 35.8 Å². The fourth-order valence-corrected chi connectivity index (χ4v) is 5.93. The highest BCUT2D eigenvalue weighted by molar-refractivity contribution is 6.34. The molecular formula is C35H48ClFN6O. The molecule has 2 aromatic carbocycles. The summed E-state index contributed by atoms with van der Waals surface area (Å²) in [5.74, 6) is 1.31. The smallest absolute Gasteiger partial charge is 0.158 e. The van der Waals surface area contributed by atoms with Gasteiger partial charge in [0.25, 0.3) is 0 Å². The van der Waals surface area contributed by atoms with E-state index in [4.69, 9.17) is 26.4 Å². The van der Waals surface area contributed by atoms with Crippen LogP contribution in [0.2, 0.25) is 5.02 Å². The molecule has 238 valence electrons. The van der Waals surface area contributed by atoms with Crippen LogP contribution >= 0.6 is 11.6 Å². The molecule has 0 amide bonds. The lowest BCUT2D eigenvalue weighted by Gasteiger charge is -2.42. The molecule has 0 saturated carbocycles. The molecule has 3 heterocycles. The molecule has 0 bridgehead atoms. The largest absolute Gasteiger partial charge is 0.353 e. The van der Waals surface area contributed by atoms with Crippen LogP contribution in [-0.4, -0.2) is 91.2 Å². The van der Waals surface area contributed by atoms with Crippen molar-refractivity contribution < 1.29 is 9.18 Å². The van der Waals surface area contributed by atoms with Gasteiger partial charge in [0.2, 0.25) is 0 Å². The Hall–Kier alpha value is -3.20. The van der Waals surface area contributed by atoms with Gasteiger partial charge in [0, 0.05) is 80.5 Å². The van der Waals surface area contributed by atoms with Crippen LogP contribution in [0.25, 0.3) is 22.0 Å². The molecule has 0 N–H and O–H groups in total. The molecule has 44 heavy (non-hydrogen) atoms. The molecule has 7 nitrogen and oxygen atoms in total. The molecule has 9 heteroatoms. The maximum absolute atomic E-state index is 16.7. The number of piperazine rings is 1. The number of likely N-dealkylation sites (N-methyl/N-ethyl adjacent to an activating group) is 1. The number of hydrogen-bond donors (Lipinski definition) is 0. The Morgan fingerprint density at radius 2 is 1.73 bits per heavy atom. The summed E-state index contributed by atoms with van der Waals surface area (Å²) in [6.07, 6.45) is 3.62. The molecule has 0 spiro atoms. The Bertz CT molecular complexity index is 1490. The Balaban J connectivity index is 0.000000816. The molecule has 2 aliphatic rings. The average Bonchev–Trinajstić information content (AvgIpc) is 2.98. The fraction of sp³-hybridized carbons (Fsp3) is 0.486. The minimum absolute atomic E-state index is 0.187. The summed E-state index contributed by atoms with van der Waals surface area (Å²) in [4.78, 5) is 30.3. The van der Waals surface area contributed by atoms with Crippen LogP contribution in [-0.2, 0) is 4.79 Å². The van der Waals surface area contributed by atoms with E-state index in [9.17, 15) is 0 Å². The summed E-state index contributed by atoms with van der Waals surface area (Å²) < 4.78 is 16.7. The number of aryl methyl sites for hydroxylation is 2. The van der Waals surface area contributed by atoms with E-state index in [1.807, 2.05) is 45.9 Å². The third kappa shape index (κ3) is 7.36. The van der Waals surface area contributed by atoms with E-state index in [-0.39, 0.29) is 11.7 Å². The highest BCUT2D eigenvalue weighted by Crippen LogP contribution is 2.42. The van der Waals surface area contributed by atoms with Crippen molar-refractivity contribution in [2.45, 2.75) is 66.5 Å². The van der Waals surface area contributed by atoms with Gasteiger partial charge in [-0.1, -0.05) is 44.2 Å². The molecule has 0 radical (unpaired) electrons. The van der Waals surface area contributed by atoms with Crippen LogP contribution in [0, 0.1) is 19.7 Å². The minimum Gasteiger partial charge on any atom is -0.353 e. The van der Waals surface area contributed by atoms with E-state index in [1.165, 1.54) is 6.08 Å². The van der Waals surface area contributed by atoms with Crippen molar-refractivity contribution in [3.63, 3.8) is 0 Å². The third-order valence-electron chi connectivity index (χ3n) is 8.42. The first-order chi connectivity index (χ1) is 21.0. The zero-order valence-corrected chi connectivity index (χ0v) is 28.5. The number of aromatic nitrogens is 2. The molecule has 1 unspecified atom stereocenters. The van der Waals surface area contributed by atoms with E-state index in [0.29, 0.717) is 39.9 Å². The van der Waals surface area contributed by atoms with E-state index >= 15 is 4.39 Å². The maximum Gasteiger partial charge on any atom is 0.158 e. The highest BCUT2D eigenvalue weighted by Gasteiger charge is 2.34. The van der Waals surface area contributed by atoms with Gasteiger partial charge in [0.1, 0.15) is 23.4 Å². The standard InChI is InChI=1S/C30H38ClFN6.C3H4O.C2H6/c1-17(2)38-15-21(16-38)29-34-28-22(30(35-29)37-11-10-36(7)20(5)14-37)12-24(31)26(27(28)32)25-19(4)9-8-18(3)23(25)13-33-6;1-2-3-4;1-2/h8-9,12-13,17,20-21H,10-11,14-16H2,1-7H3;2-3H,1H2;1-2H3. The predicted molar refractivity (Wildman–Crippen MR) is 184 cm³/mol. The SMILES string of the molecule is C=CC=O.CC.CN=Cc1c(C)ccc(C)c1-c1c(Cl)cc2c(N3CCN(C)C(C)C3)nc(C3CN(C(C)C)C3)nc2c1F. The predicted octanol–water partition coefficient (Wildman–Crippen LogP) is 7.10. The number of carbonyl (C=O) groups is 1. The van der Waals surface area contributed by atoms with Crippen molar-refractivity contribution >= 4 is 40.8 Å². The van der Waals surface area contributed by atoms with Crippen LogP contribution in [0.1, 0.15) is 63.1 Å². The van der Waals surface area contributed by atoms with Crippen LogP contribution < -0.4 is 4.90 Å². The lowest BCUT2D eigenvalue weighted by atomic mass is 9.91. The van der Waals surface area contributed by atoms with Crippen LogP contribution in [0.4, 0.5) is 10.2 Å². The Labute approximate surface area is 267 Å².